The van der Waals surface area contributed by atoms with Crippen LogP contribution in [0.25, 0.3) is 0 Å². The molecule has 3 amide bonds. The van der Waals surface area contributed by atoms with Gasteiger partial charge in [0, 0.05) is 0 Å². The van der Waals surface area contributed by atoms with Gasteiger partial charge in [-0.2, -0.15) is 0 Å². The summed E-state index contributed by atoms with van der Waals surface area (Å²) in [6, 6.07) is 5.70. The number of rotatable bonds is 2. The van der Waals surface area contributed by atoms with Crippen LogP contribution < -0.4 is 16.4 Å². The maximum Gasteiger partial charge on any atom is 0.254 e. The summed E-state index contributed by atoms with van der Waals surface area (Å²) in [6.45, 7) is 0. The van der Waals surface area contributed by atoms with Crippen LogP contribution in [0.4, 0.5) is 5.69 Å². The van der Waals surface area contributed by atoms with E-state index in [0.29, 0.717) is 11.3 Å². The third-order valence-electron chi connectivity index (χ3n) is 2.46. The van der Waals surface area contributed by atoms with Crippen molar-refractivity contribution in [3.63, 3.8) is 0 Å². The van der Waals surface area contributed by atoms with Gasteiger partial charge in [-0.15, -0.1) is 0 Å². The number of carbonyl (C=O) groups is 3. The van der Waals surface area contributed by atoms with Crippen LogP contribution in [0, 0.1) is 0 Å². The van der Waals surface area contributed by atoms with Crippen LogP contribution in [0.2, 0.25) is 0 Å². The van der Waals surface area contributed by atoms with E-state index in [1.165, 1.54) is 0 Å². The summed E-state index contributed by atoms with van der Waals surface area (Å²) in [7, 11) is 0. The maximum atomic E-state index is 11.8. The molecule has 17 heavy (non-hydrogen) atoms. The Kier molecular flexibility index (Phi) is 2.78. The molecule has 1 unspecified atom stereocenters. The van der Waals surface area contributed by atoms with Gasteiger partial charge in [0.2, 0.25) is 11.8 Å². The first-order valence-electron chi connectivity index (χ1n) is 5.07. The molecule has 1 heterocycles. The summed E-state index contributed by atoms with van der Waals surface area (Å²) in [6.07, 6.45) is -0.217. The molecule has 6 heteroatoms. The highest BCUT2D eigenvalue weighted by Crippen LogP contribution is 2.18. The second kappa shape index (κ2) is 4.25. The average molecular weight is 233 g/mol. The molecule has 0 aromatic heterocycles. The molecule has 1 aromatic rings. The minimum atomic E-state index is -0.924. The smallest absolute Gasteiger partial charge is 0.254 e. The Morgan fingerprint density at radius 1 is 1.29 bits per heavy atom. The zero-order chi connectivity index (χ0) is 12.4. The summed E-state index contributed by atoms with van der Waals surface area (Å²) in [5.41, 5.74) is 5.82. The van der Waals surface area contributed by atoms with E-state index < -0.39 is 23.8 Å². The monoisotopic (exact) mass is 233 g/mol. The molecule has 0 saturated heterocycles. The Balaban J connectivity index is 2.31. The number of hydrogen-bond donors (Lipinski definition) is 3. The first-order valence-corrected chi connectivity index (χ1v) is 5.07. The molecule has 88 valence electrons. The third kappa shape index (κ3) is 2.25. The Morgan fingerprint density at radius 3 is 2.71 bits per heavy atom. The molecule has 0 fully saturated rings. The van der Waals surface area contributed by atoms with E-state index in [2.05, 4.69) is 10.6 Å². The highest BCUT2D eigenvalue weighted by Gasteiger charge is 2.28. The van der Waals surface area contributed by atoms with Crippen molar-refractivity contribution in [1.29, 1.82) is 0 Å². The number of hydrogen-bond acceptors (Lipinski definition) is 3. The number of carbonyl (C=O) groups excluding carboxylic acids is 3. The molecule has 1 atom stereocenters. The lowest BCUT2D eigenvalue weighted by atomic mass is 10.1. The van der Waals surface area contributed by atoms with Crippen molar-refractivity contribution in [2.45, 2.75) is 12.5 Å². The Hall–Kier alpha value is -2.37. The number of anilines is 1. The molecule has 0 aliphatic carbocycles. The molecule has 6 nitrogen and oxygen atoms in total. The summed E-state index contributed by atoms with van der Waals surface area (Å²) in [4.78, 5) is 34.3. The van der Waals surface area contributed by atoms with Crippen LogP contribution in [0.5, 0.6) is 0 Å². The largest absolute Gasteiger partial charge is 0.370 e. The fraction of sp³-hybridized carbons (Fsp3) is 0.182. The van der Waals surface area contributed by atoms with Crippen molar-refractivity contribution in [1.82, 2.24) is 5.32 Å². The number of nitrogens with two attached hydrogens (primary N) is 1. The van der Waals surface area contributed by atoms with E-state index in [4.69, 9.17) is 5.73 Å². The molecule has 1 aliphatic rings. The van der Waals surface area contributed by atoms with E-state index in [1.807, 2.05) is 0 Å². The van der Waals surface area contributed by atoms with E-state index in [0.717, 1.165) is 0 Å². The lowest BCUT2D eigenvalue weighted by Crippen LogP contribution is -2.43. The zero-order valence-corrected chi connectivity index (χ0v) is 8.90. The molecular weight excluding hydrogens is 222 g/mol. The van der Waals surface area contributed by atoms with Gasteiger partial charge in [0.05, 0.1) is 17.7 Å². The summed E-state index contributed by atoms with van der Waals surface area (Å²) in [5.74, 6) is -1.48. The number of fused-ring (bicyclic) bond motifs is 1. The zero-order valence-electron chi connectivity index (χ0n) is 8.90. The first-order chi connectivity index (χ1) is 8.08. The third-order valence-corrected chi connectivity index (χ3v) is 2.46. The highest BCUT2D eigenvalue weighted by atomic mass is 16.2. The standard InChI is InChI=1S/C11H11N3O3/c12-9(15)5-8-11(17)13-7-4-2-1-3-6(7)10(16)14-8/h1-4,8H,5H2,(H2,12,15)(H,13,17)(H,14,16). The van der Waals surface area contributed by atoms with Gasteiger partial charge in [0.15, 0.2) is 0 Å². The average Bonchev–Trinajstić information content (AvgIpc) is 2.38. The van der Waals surface area contributed by atoms with Crippen molar-refractivity contribution < 1.29 is 14.4 Å². The van der Waals surface area contributed by atoms with Gasteiger partial charge in [-0.1, -0.05) is 12.1 Å². The number of primary amides is 1. The molecule has 0 bridgehead atoms. The summed E-state index contributed by atoms with van der Waals surface area (Å²) in [5, 5.41) is 5.04. The quantitative estimate of drug-likeness (QED) is 0.648. The van der Waals surface area contributed by atoms with Crippen molar-refractivity contribution in [3.8, 4) is 0 Å². The van der Waals surface area contributed by atoms with E-state index in [9.17, 15) is 14.4 Å². The molecule has 4 N–H and O–H groups in total. The molecule has 0 radical (unpaired) electrons. The minimum Gasteiger partial charge on any atom is -0.370 e. The predicted molar refractivity (Wildman–Crippen MR) is 60.1 cm³/mol. The van der Waals surface area contributed by atoms with Crippen LogP contribution in [-0.4, -0.2) is 23.8 Å². The van der Waals surface area contributed by atoms with Crippen molar-refractivity contribution in [3.05, 3.63) is 29.8 Å². The second-order valence-corrected chi connectivity index (χ2v) is 3.73. The Labute approximate surface area is 97.2 Å². The summed E-state index contributed by atoms with van der Waals surface area (Å²) < 4.78 is 0. The number of nitrogens with one attached hydrogen (secondary N) is 2. The maximum absolute atomic E-state index is 11.8. The van der Waals surface area contributed by atoms with Crippen molar-refractivity contribution >= 4 is 23.4 Å². The van der Waals surface area contributed by atoms with Gasteiger partial charge in [-0.25, -0.2) is 0 Å². The topological polar surface area (TPSA) is 101 Å². The van der Waals surface area contributed by atoms with Crippen LogP contribution in [0.1, 0.15) is 16.8 Å². The van der Waals surface area contributed by atoms with Gasteiger partial charge < -0.3 is 16.4 Å². The van der Waals surface area contributed by atoms with Crippen LogP contribution in [0.15, 0.2) is 24.3 Å². The fourth-order valence-corrected chi connectivity index (χ4v) is 1.66. The van der Waals surface area contributed by atoms with Crippen molar-refractivity contribution in [2.24, 2.45) is 5.73 Å². The fourth-order valence-electron chi connectivity index (χ4n) is 1.66. The van der Waals surface area contributed by atoms with E-state index >= 15 is 0 Å². The van der Waals surface area contributed by atoms with E-state index in [-0.39, 0.29) is 6.42 Å². The normalized spacial score (nSPS) is 18.7. The van der Waals surface area contributed by atoms with Gasteiger partial charge in [0.25, 0.3) is 5.91 Å². The highest BCUT2D eigenvalue weighted by molar-refractivity contribution is 6.10. The van der Waals surface area contributed by atoms with Gasteiger partial charge >= 0.3 is 0 Å². The molecule has 1 aromatic carbocycles. The minimum absolute atomic E-state index is 0.217. The predicted octanol–water partition coefficient (Wildman–Crippen LogP) is -0.388. The lowest BCUT2D eigenvalue weighted by molar-refractivity contribution is -0.123. The van der Waals surface area contributed by atoms with Gasteiger partial charge in [0.1, 0.15) is 6.04 Å². The Morgan fingerprint density at radius 2 is 2.00 bits per heavy atom. The van der Waals surface area contributed by atoms with Crippen LogP contribution >= 0.6 is 0 Å². The van der Waals surface area contributed by atoms with Gasteiger partial charge in [-0.3, -0.25) is 14.4 Å². The van der Waals surface area contributed by atoms with Gasteiger partial charge in [-0.05, 0) is 12.1 Å². The van der Waals surface area contributed by atoms with Crippen molar-refractivity contribution in [2.75, 3.05) is 5.32 Å². The SMILES string of the molecule is NC(=O)CC1NC(=O)c2ccccc2NC1=O. The number of amides is 3. The van der Waals surface area contributed by atoms with Crippen LogP contribution in [0.3, 0.4) is 0 Å². The molecule has 0 spiro atoms. The van der Waals surface area contributed by atoms with E-state index in [1.54, 1.807) is 24.3 Å². The second-order valence-electron chi connectivity index (χ2n) is 3.73. The lowest BCUT2D eigenvalue weighted by Gasteiger charge is -2.11. The first kappa shape index (κ1) is 11.1. The molecular formula is C11H11N3O3. The summed E-state index contributed by atoms with van der Waals surface area (Å²) >= 11 is 0. The molecule has 1 aliphatic heterocycles. The number of benzene rings is 1. The molecule has 0 saturated carbocycles. The number of para-hydroxylation sites is 1. The van der Waals surface area contributed by atoms with Crippen LogP contribution in [-0.2, 0) is 9.59 Å². The Bertz CT molecular complexity index is 498. The molecule has 2 rings (SSSR count).